The summed E-state index contributed by atoms with van der Waals surface area (Å²) in [7, 11) is 3.76. The third kappa shape index (κ3) is 5.01. The zero-order chi connectivity index (χ0) is 21.7. The summed E-state index contributed by atoms with van der Waals surface area (Å²) >= 11 is 6.27. The van der Waals surface area contributed by atoms with E-state index in [1.54, 1.807) is 30.2 Å². The lowest BCUT2D eigenvalue weighted by Gasteiger charge is -2.27. The van der Waals surface area contributed by atoms with Gasteiger partial charge in [0, 0.05) is 31.2 Å². The molecule has 0 saturated heterocycles. The van der Waals surface area contributed by atoms with Gasteiger partial charge in [-0.15, -0.1) is 0 Å². The van der Waals surface area contributed by atoms with Crippen LogP contribution in [0.3, 0.4) is 0 Å². The van der Waals surface area contributed by atoms with Gasteiger partial charge in [0.1, 0.15) is 0 Å². The molecular weight excluding hydrogens is 402 g/mol. The molecule has 0 aliphatic carbocycles. The van der Waals surface area contributed by atoms with Gasteiger partial charge in [0.25, 0.3) is 5.91 Å². The third-order valence-corrected chi connectivity index (χ3v) is 5.40. The van der Waals surface area contributed by atoms with Crippen LogP contribution in [0.4, 0.5) is 17.1 Å². The quantitative estimate of drug-likeness (QED) is 0.499. The summed E-state index contributed by atoms with van der Waals surface area (Å²) in [4.78, 5) is 29.5. The van der Waals surface area contributed by atoms with E-state index in [1.165, 1.54) is 6.08 Å². The maximum Gasteiger partial charge on any atom is 0.328 e. The van der Waals surface area contributed by atoms with Crippen molar-refractivity contribution in [2.24, 2.45) is 0 Å². The molecule has 7 heteroatoms. The Hall–Kier alpha value is -2.83. The lowest BCUT2D eigenvalue weighted by molar-refractivity contribution is -0.131. The van der Waals surface area contributed by atoms with Crippen molar-refractivity contribution in [3.63, 3.8) is 0 Å². The van der Waals surface area contributed by atoms with Crippen LogP contribution in [0.1, 0.15) is 23.2 Å². The van der Waals surface area contributed by atoms with E-state index in [2.05, 4.69) is 9.80 Å². The van der Waals surface area contributed by atoms with Crippen molar-refractivity contribution < 1.29 is 14.7 Å². The fourth-order valence-corrected chi connectivity index (χ4v) is 3.79. The standard InChI is InChI=1S/C23H26ClN3O3/c1-25(14-7-10-22(28)29)13-5-6-15-27-20-9-4-3-8-19(20)26(2)23(30)18-12-11-17(24)16-21(18)27/h3-4,7-12,16H,5-6,13-15H2,1-2H3,(H,28,29)/b10-7+. The minimum absolute atomic E-state index is 0.0541. The maximum absolute atomic E-state index is 13.0. The third-order valence-electron chi connectivity index (χ3n) is 5.17. The van der Waals surface area contributed by atoms with Crippen molar-refractivity contribution >= 4 is 40.5 Å². The molecule has 0 bridgehead atoms. The molecule has 0 saturated carbocycles. The zero-order valence-corrected chi connectivity index (χ0v) is 18.0. The summed E-state index contributed by atoms with van der Waals surface area (Å²) in [5.41, 5.74) is 3.30. The summed E-state index contributed by atoms with van der Waals surface area (Å²) in [6.07, 6.45) is 4.66. The highest BCUT2D eigenvalue weighted by Crippen LogP contribution is 2.41. The smallest absolute Gasteiger partial charge is 0.328 e. The topological polar surface area (TPSA) is 64.1 Å². The number of carbonyl (C=O) groups is 2. The van der Waals surface area contributed by atoms with E-state index in [-0.39, 0.29) is 5.91 Å². The highest BCUT2D eigenvalue weighted by molar-refractivity contribution is 6.31. The van der Waals surface area contributed by atoms with Gasteiger partial charge in [-0.3, -0.25) is 4.79 Å². The summed E-state index contributed by atoms with van der Waals surface area (Å²) in [5, 5.41) is 9.27. The van der Waals surface area contributed by atoms with Crippen LogP contribution in [0.5, 0.6) is 0 Å². The molecule has 1 N–H and O–H groups in total. The van der Waals surface area contributed by atoms with E-state index in [0.29, 0.717) is 17.1 Å². The number of carboxylic acid groups (broad SMARTS) is 1. The lowest BCUT2D eigenvalue weighted by Crippen LogP contribution is -2.25. The van der Waals surface area contributed by atoms with Gasteiger partial charge in [0.2, 0.25) is 0 Å². The first-order chi connectivity index (χ1) is 14.4. The van der Waals surface area contributed by atoms with E-state index >= 15 is 0 Å². The van der Waals surface area contributed by atoms with Crippen molar-refractivity contribution in [3.8, 4) is 0 Å². The number of para-hydroxylation sites is 2. The summed E-state index contributed by atoms with van der Waals surface area (Å²) in [6.45, 7) is 2.18. The number of halogens is 1. The van der Waals surface area contributed by atoms with Gasteiger partial charge in [0.05, 0.1) is 22.6 Å². The Balaban J connectivity index is 1.76. The first-order valence-electron chi connectivity index (χ1n) is 9.90. The van der Waals surface area contributed by atoms with Crippen LogP contribution in [0.2, 0.25) is 5.02 Å². The molecule has 1 aliphatic heterocycles. The number of hydrogen-bond donors (Lipinski definition) is 1. The van der Waals surface area contributed by atoms with Crippen LogP contribution in [-0.2, 0) is 4.79 Å². The zero-order valence-electron chi connectivity index (χ0n) is 17.2. The molecule has 0 aromatic heterocycles. The Morgan fingerprint density at radius 1 is 1.13 bits per heavy atom. The number of benzene rings is 2. The lowest BCUT2D eigenvalue weighted by atomic mass is 10.1. The molecule has 0 atom stereocenters. The number of carboxylic acids is 1. The molecule has 0 spiro atoms. The molecule has 2 aromatic rings. The molecular formula is C23H26ClN3O3. The normalized spacial score (nSPS) is 13.5. The molecule has 2 aromatic carbocycles. The molecule has 30 heavy (non-hydrogen) atoms. The van der Waals surface area contributed by atoms with Crippen LogP contribution < -0.4 is 9.80 Å². The van der Waals surface area contributed by atoms with E-state index in [9.17, 15) is 9.59 Å². The molecule has 1 aliphatic rings. The van der Waals surface area contributed by atoms with Crippen LogP contribution in [-0.4, -0.2) is 55.6 Å². The van der Waals surface area contributed by atoms with Gasteiger partial charge in [0.15, 0.2) is 0 Å². The summed E-state index contributed by atoms with van der Waals surface area (Å²) in [6, 6.07) is 13.3. The summed E-state index contributed by atoms with van der Waals surface area (Å²) in [5.74, 6) is -0.985. The van der Waals surface area contributed by atoms with E-state index < -0.39 is 5.97 Å². The molecule has 158 valence electrons. The Bertz CT molecular complexity index is 960. The fraction of sp³-hybridized carbons (Fsp3) is 0.304. The first kappa shape index (κ1) is 21.9. The van der Waals surface area contributed by atoms with Gasteiger partial charge < -0.3 is 19.8 Å². The Morgan fingerprint density at radius 2 is 1.87 bits per heavy atom. The molecule has 0 fully saturated rings. The minimum Gasteiger partial charge on any atom is -0.478 e. The van der Waals surface area contributed by atoms with Gasteiger partial charge in [-0.25, -0.2) is 4.79 Å². The largest absolute Gasteiger partial charge is 0.478 e. The molecule has 3 rings (SSSR count). The highest BCUT2D eigenvalue weighted by Gasteiger charge is 2.28. The van der Waals surface area contributed by atoms with Crippen molar-refractivity contribution in [3.05, 3.63) is 65.2 Å². The highest BCUT2D eigenvalue weighted by atomic mass is 35.5. The predicted molar refractivity (Wildman–Crippen MR) is 121 cm³/mol. The van der Waals surface area contributed by atoms with Crippen molar-refractivity contribution in [2.75, 3.05) is 43.5 Å². The molecule has 6 nitrogen and oxygen atoms in total. The minimum atomic E-state index is -0.930. The number of unbranched alkanes of at least 4 members (excludes halogenated alkanes) is 1. The number of anilines is 3. The Kier molecular flexibility index (Phi) is 7.13. The van der Waals surface area contributed by atoms with Crippen molar-refractivity contribution in [2.45, 2.75) is 12.8 Å². The molecule has 0 unspecified atom stereocenters. The molecule has 1 amide bonds. The molecule has 0 radical (unpaired) electrons. The Labute approximate surface area is 182 Å². The summed E-state index contributed by atoms with van der Waals surface area (Å²) < 4.78 is 0. The van der Waals surface area contributed by atoms with Gasteiger partial charge in [-0.05, 0) is 56.8 Å². The first-order valence-corrected chi connectivity index (χ1v) is 10.3. The SMILES string of the molecule is CN(C/C=C/C(=O)O)CCCCN1c2cc(Cl)ccc2C(=O)N(C)c2ccccc21. The number of rotatable bonds is 8. The van der Waals surface area contributed by atoms with Crippen LogP contribution in [0.15, 0.2) is 54.6 Å². The average Bonchev–Trinajstić information content (AvgIpc) is 2.80. The fourth-order valence-electron chi connectivity index (χ4n) is 3.62. The second-order valence-electron chi connectivity index (χ2n) is 7.38. The second kappa shape index (κ2) is 9.78. The van der Waals surface area contributed by atoms with E-state index in [0.717, 1.165) is 43.0 Å². The van der Waals surface area contributed by atoms with Crippen LogP contribution in [0.25, 0.3) is 0 Å². The van der Waals surface area contributed by atoms with Gasteiger partial charge in [-0.2, -0.15) is 0 Å². The Morgan fingerprint density at radius 3 is 2.60 bits per heavy atom. The number of nitrogens with zero attached hydrogens (tertiary/aromatic N) is 3. The van der Waals surface area contributed by atoms with Gasteiger partial charge in [-0.1, -0.05) is 29.8 Å². The maximum atomic E-state index is 13.0. The molecule has 1 heterocycles. The van der Waals surface area contributed by atoms with E-state index in [1.807, 2.05) is 37.4 Å². The van der Waals surface area contributed by atoms with Crippen LogP contribution >= 0.6 is 11.6 Å². The van der Waals surface area contributed by atoms with Crippen molar-refractivity contribution in [1.82, 2.24) is 4.90 Å². The number of likely N-dealkylation sites (N-methyl/N-ethyl adjacent to an activating group) is 1. The number of aliphatic carboxylic acids is 1. The monoisotopic (exact) mass is 427 g/mol. The number of amides is 1. The number of fused-ring (bicyclic) bond motifs is 2. The van der Waals surface area contributed by atoms with Crippen LogP contribution in [0, 0.1) is 0 Å². The van der Waals surface area contributed by atoms with Crippen molar-refractivity contribution in [1.29, 1.82) is 0 Å². The average molecular weight is 428 g/mol. The second-order valence-corrected chi connectivity index (χ2v) is 7.81. The van der Waals surface area contributed by atoms with E-state index in [4.69, 9.17) is 16.7 Å². The predicted octanol–water partition coefficient (Wildman–Crippen LogP) is 4.42. The number of hydrogen-bond acceptors (Lipinski definition) is 4. The van der Waals surface area contributed by atoms with Gasteiger partial charge >= 0.3 is 5.97 Å². The number of carbonyl (C=O) groups excluding carboxylic acids is 1.